The molecule has 3 N–H and O–H groups in total. The predicted octanol–water partition coefficient (Wildman–Crippen LogP) is -4.59. The third-order valence-electron chi connectivity index (χ3n) is 4.32. The van der Waals surface area contributed by atoms with Gasteiger partial charge in [-0.1, -0.05) is 42.5 Å². The standard InChI is InChI=1S/C20H23N3O.2ClH/c24-20-18-11-4-5-12-19(18)22-16-23(20)15-7-14-21-13-6-10-17-8-2-1-3-9-17;;/h1-5,8-9,11-12,16,21H,6-7,10,13-15H2;2*1H. The summed E-state index contributed by atoms with van der Waals surface area (Å²) in [5.41, 5.74) is 2.39. The second-order valence-electron chi connectivity index (χ2n) is 6.13. The summed E-state index contributed by atoms with van der Waals surface area (Å²) in [6.45, 7) is 2.94. The Kier molecular flexibility index (Phi) is 9.96. The summed E-state index contributed by atoms with van der Waals surface area (Å²) in [6, 6.07) is 18.3. The first-order valence-electron chi connectivity index (χ1n) is 8.70. The summed E-state index contributed by atoms with van der Waals surface area (Å²) in [7, 11) is 0. The molecule has 3 aromatic rings. The van der Waals surface area contributed by atoms with Crippen molar-refractivity contribution in [1.82, 2.24) is 4.57 Å². The Morgan fingerprint density at radius 1 is 0.885 bits per heavy atom. The van der Waals surface area contributed by atoms with Gasteiger partial charge in [0.25, 0.3) is 0 Å². The molecule has 4 nitrogen and oxygen atoms in total. The van der Waals surface area contributed by atoms with Crippen molar-refractivity contribution in [2.24, 2.45) is 0 Å². The van der Waals surface area contributed by atoms with Gasteiger partial charge in [0.2, 0.25) is 6.33 Å². The van der Waals surface area contributed by atoms with Crippen molar-refractivity contribution in [2.45, 2.75) is 25.8 Å². The van der Waals surface area contributed by atoms with Crippen LogP contribution in [0.4, 0.5) is 0 Å². The topological polar surface area (TPSA) is 52.8 Å². The highest BCUT2D eigenvalue weighted by molar-refractivity contribution is 5.73. The molecule has 0 bridgehead atoms. The largest absolute Gasteiger partial charge is 1.00 e. The highest BCUT2D eigenvalue weighted by Crippen LogP contribution is 2.02. The summed E-state index contributed by atoms with van der Waals surface area (Å²) in [5.74, 6) is 0. The molecular formula is C20H25Cl2N3O. The minimum Gasteiger partial charge on any atom is -1.00 e. The zero-order chi connectivity index (χ0) is 16.6. The first-order valence-corrected chi connectivity index (χ1v) is 8.70. The van der Waals surface area contributed by atoms with E-state index >= 15 is 0 Å². The van der Waals surface area contributed by atoms with Crippen LogP contribution in [-0.2, 0) is 13.0 Å². The zero-order valence-corrected chi connectivity index (χ0v) is 16.2. The molecular weight excluding hydrogens is 369 g/mol. The molecule has 1 aromatic heterocycles. The molecule has 0 unspecified atom stereocenters. The Hall–Kier alpha value is -1.88. The number of para-hydroxylation sites is 1. The molecule has 0 radical (unpaired) electrons. The van der Waals surface area contributed by atoms with Crippen molar-refractivity contribution in [3.8, 4) is 0 Å². The Morgan fingerprint density at radius 2 is 1.58 bits per heavy atom. The van der Waals surface area contributed by atoms with E-state index in [2.05, 4.69) is 40.6 Å². The van der Waals surface area contributed by atoms with Gasteiger partial charge in [-0.3, -0.25) is 0 Å². The lowest BCUT2D eigenvalue weighted by molar-refractivity contribution is -0.655. The number of aryl methyl sites for hydroxylation is 2. The number of quaternary nitrogens is 1. The van der Waals surface area contributed by atoms with Gasteiger partial charge in [-0.25, -0.2) is 9.78 Å². The highest BCUT2D eigenvalue weighted by atomic mass is 35.5. The van der Waals surface area contributed by atoms with Gasteiger partial charge in [-0.15, -0.1) is 0 Å². The molecule has 0 aliphatic carbocycles. The van der Waals surface area contributed by atoms with Gasteiger partial charge < -0.3 is 30.1 Å². The summed E-state index contributed by atoms with van der Waals surface area (Å²) in [6.07, 6.45) is 5.11. The van der Waals surface area contributed by atoms with E-state index in [1.807, 2.05) is 24.3 Å². The van der Waals surface area contributed by atoms with Crippen molar-refractivity contribution in [2.75, 3.05) is 13.1 Å². The summed E-state index contributed by atoms with van der Waals surface area (Å²) in [4.78, 5) is 15.6. The van der Waals surface area contributed by atoms with Gasteiger partial charge >= 0.3 is 5.56 Å². The van der Waals surface area contributed by atoms with Crippen LogP contribution >= 0.6 is 0 Å². The minimum atomic E-state index is 0. The zero-order valence-electron chi connectivity index (χ0n) is 14.7. The normalized spacial score (nSPS) is 10.2. The van der Waals surface area contributed by atoms with E-state index < -0.39 is 0 Å². The number of benzene rings is 2. The number of nitrogens with two attached hydrogens (primary N) is 1. The molecule has 0 aliphatic heterocycles. The van der Waals surface area contributed by atoms with E-state index in [-0.39, 0.29) is 30.4 Å². The number of nitrogens with one attached hydrogen (secondary N) is 1. The van der Waals surface area contributed by atoms with Crippen LogP contribution in [0.25, 0.3) is 10.9 Å². The maximum absolute atomic E-state index is 12.4. The van der Waals surface area contributed by atoms with Crippen LogP contribution in [0.15, 0.2) is 65.7 Å². The molecule has 2 aromatic carbocycles. The van der Waals surface area contributed by atoms with E-state index in [1.54, 1.807) is 10.9 Å². The van der Waals surface area contributed by atoms with Crippen LogP contribution < -0.4 is 40.7 Å². The van der Waals surface area contributed by atoms with Crippen LogP contribution in [0.2, 0.25) is 0 Å². The van der Waals surface area contributed by atoms with Gasteiger partial charge in [-0.2, -0.15) is 4.57 Å². The monoisotopic (exact) mass is 393 g/mol. The Bertz CT molecular complexity index is 837. The van der Waals surface area contributed by atoms with Gasteiger partial charge in [0.15, 0.2) is 0 Å². The Morgan fingerprint density at radius 3 is 2.38 bits per heavy atom. The second kappa shape index (κ2) is 11.7. The van der Waals surface area contributed by atoms with Crippen LogP contribution in [-0.4, -0.2) is 17.7 Å². The first-order chi connectivity index (χ1) is 11.8. The van der Waals surface area contributed by atoms with Crippen LogP contribution in [0, 0.1) is 0 Å². The number of nitrogens with zero attached hydrogens (tertiary/aromatic N) is 1. The number of halogens is 2. The van der Waals surface area contributed by atoms with E-state index in [4.69, 9.17) is 0 Å². The lowest BCUT2D eigenvalue weighted by atomic mass is 10.1. The van der Waals surface area contributed by atoms with E-state index in [1.165, 1.54) is 12.0 Å². The highest BCUT2D eigenvalue weighted by Gasteiger charge is 2.09. The smallest absolute Gasteiger partial charge is 0.345 e. The molecule has 0 fully saturated rings. The number of aromatic nitrogens is 2. The van der Waals surface area contributed by atoms with Crippen molar-refractivity contribution < 1.29 is 35.1 Å². The fraction of sp³-hybridized carbons (Fsp3) is 0.300. The van der Waals surface area contributed by atoms with E-state index in [0.29, 0.717) is 0 Å². The fourth-order valence-electron chi connectivity index (χ4n) is 2.97. The Balaban J connectivity index is 0.00000169. The molecule has 0 atom stereocenters. The van der Waals surface area contributed by atoms with Crippen LogP contribution in [0.1, 0.15) is 18.4 Å². The third-order valence-corrected chi connectivity index (χ3v) is 4.32. The molecule has 0 spiro atoms. The minimum absolute atomic E-state index is 0. The maximum Gasteiger partial charge on any atom is 0.345 e. The number of rotatable bonds is 8. The summed E-state index contributed by atoms with van der Waals surface area (Å²) in [5, 5.41) is 3.10. The first kappa shape index (κ1) is 22.2. The SMILES string of the molecule is O=c1c2ccccc2[nH+]cn1CCC[NH2+]CCCc1ccccc1.[Cl-].[Cl-]. The predicted molar refractivity (Wildman–Crippen MR) is 95.8 cm³/mol. The number of hydrogen-bond acceptors (Lipinski definition) is 1. The molecule has 0 aliphatic rings. The maximum atomic E-state index is 12.4. The number of fused-ring (bicyclic) bond motifs is 1. The lowest BCUT2D eigenvalue weighted by Gasteiger charge is -2.03. The van der Waals surface area contributed by atoms with Crippen molar-refractivity contribution in [3.05, 3.63) is 76.8 Å². The molecule has 1 heterocycles. The average Bonchev–Trinajstić information content (AvgIpc) is 2.64. The summed E-state index contributed by atoms with van der Waals surface area (Å²) >= 11 is 0. The molecule has 0 saturated heterocycles. The second-order valence-corrected chi connectivity index (χ2v) is 6.13. The van der Waals surface area contributed by atoms with Gasteiger partial charge in [0.1, 0.15) is 10.9 Å². The quantitative estimate of drug-likeness (QED) is 0.385. The van der Waals surface area contributed by atoms with Gasteiger partial charge in [0, 0.05) is 12.8 Å². The molecule has 6 heteroatoms. The van der Waals surface area contributed by atoms with Crippen LogP contribution in [0.3, 0.4) is 0 Å². The average molecular weight is 394 g/mol. The van der Waals surface area contributed by atoms with Crippen LogP contribution in [0.5, 0.6) is 0 Å². The number of H-pyrrole nitrogens is 1. The molecule has 140 valence electrons. The molecule has 0 amide bonds. The van der Waals surface area contributed by atoms with E-state index in [9.17, 15) is 4.79 Å². The van der Waals surface area contributed by atoms with Gasteiger partial charge in [0.05, 0.1) is 19.6 Å². The molecule has 0 saturated carbocycles. The number of aromatic amines is 1. The third kappa shape index (κ3) is 6.13. The van der Waals surface area contributed by atoms with Gasteiger partial charge in [-0.05, 0) is 24.1 Å². The van der Waals surface area contributed by atoms with Crippen molar-refractivity contribution in [3.63, 3.8) is 0 Å². The van der Waals surface area contributed by atoms with Crippen molar-refractivity contribution in [1.29, 1.82) is 0 Å². The fourth-order valence-corrected chi connectivity index (χ4v) is 2.97. The van der Waals surface area contributed by atoms with E-state index in [0.717, 1.165) is 43.4 Å². The van der Waals surface area contributed by atoms with Crippen molar-refractivity contribution >= 4 is 10.9 Å². The number of hydrogen-bond donors (Lipinski definition) is 1. The molecule has 3 rings (SSSR count). The molecule has 26 heavy (non-hydrogen) atoms. The Labute approximate surface area is 166 Å². The lowest BCUT2D eigenvalue weighted by Crippen LogP contribution is -3.00. The summed E-state index contributed by atoms with van der Waals surface area (Å²) < 4.78 is 1.78.